The second kappa shape index (κ2) is 7.97. The summed E-state index contributed by atoms with van der Waals surface area (Å²) >= 11 is 0. The van der Waals surface area contributed by atoms with E-state index in [1.807, 2.05) is 18.2 Å². The third kappa shape index (κ3) is 4.07. The monoisotopic (exact) mass is 350 g/mol. The minimum atomic E-state index is -2.60. The van der Waals surface area contributed by atoms with Gasteiger partial charge in [-0.25, -0.2) is 0 Å². The van der Waals surface area contributed by atoms with E-state index in [0.717, 1.165) is 5.56 Å². The molecule has 0 aliphatic carbocycles. The first-order chi connectivity index (χ1) is 11.1. The van der Waals surface area contributed by atoms with Gasteiger partial charge in [0, 0.05) is 5.04 Å². The molecule has 5 heteroatoms. The molecule has 0 atom stereocenters. The first kappa shape index (κ1) is 20.4. The molecule has 0 aliphatic heterocycles. The van der Waals surface area contributed by atoms with Crippen molar-refractivity contribution >= 4 is 20.3 Å². The average molecular weight is 351 g/mol. The van der Waals surface area contributed by atoms with Crippen molar-refractivity contribution in [3.8, 4) is 0 Å². The van der Waals surface area contributed by atoms with Crippen LogP contribution in [0.1, 0.15) is 59.9 Å². The van der Waals surface area contributed by atoms with Crippen molar-refractivity contribution in [2.45, 2.75) is 70.5 Å². The van der Waals surface area contributed by atoms with Crippen LogP contribution in [0, 0.1) is 0 Å². The van der Waals surface area contributed by atoms with Crippen molar-refractivity contribution in [1.29, 1.82) is 0 Å². The number of carboxylic acids is 1. The van der Waals surface area contributed by atoms with E-state index in [0.29, 0.717) is 0 Å². The van der Waals surface area contributed by atoms with Gasteiger partial charge in [-0.15, -0.1) is 0 Å². The molecule has 0 fully saturated rings. The van der Waals surface area contributed by atoms with Gasteiger partial charge in [-0.2, -0.15) is 0 Å². The molecule has 0 spiro atoms. The van der Waals surface area contributed by atoms with Crippen LogP contribution in [-0.2, 0) is 19.1 Å². The van der Waals surface area contributed by atoms with Crippen molar-refractivity contribution in [2.24, 2.45) is 0 Å². The van der Waals surface area contributed by atoms with Crippen LogP contribution in [0.2, 0.25) is 11.1 Å². The quantitative estimate of drug-likeness (QED) is 0.692. The van der Waals surface area contributed by atoms with Gasteiger partial charge in [-0.3, -0.25) is 9.59 Å². The van der Waals surface area contributed by atoms with Gasteiger partial charge in [-0.05, 0) is 16.6 Å². The fourth-order valence-electron chi connectivity index (χ4n) is 4.00. The van der Waals surface area contributed by atoms with E-state index in [1.165, 1.54) is 0 Å². The topological polar surface area (TPSA) is 63.6 Å². The number of carbonyl (C=O) groups excluding carboxylic acids is 1. The van der Waals surface area contributed by atoms with Gasteiger partial charge in [0.05, 0.1) is 12.8 Å². The summed E-state index contributed by atoms with van der Waals surface area (Å²) < 4.78 is 6.17. The van der Waals surface area contributed by atoms with E-state index in [-0.39, 0.29) is 29.0 Å². The Morgan fingerprint density at radius 1 is 1.04 bits per heavy atom. The molecule has 0 aliphatic rings. The number of aliphatic carboxylic acids is 1. The van der Waals surface area contributed by atoms with E-state index in [9.17, 15) is 9.59 Å². The Bertz CT molecular complexity index is 556. The molecule has 134 valence electrons. The summed E-state index contributed by atoms with van der Waals surface area (Å²) in [7, 11) is -2.60. The summed E-state index contributed by atoms with van der Waals surface area (Å²) in [5.41, 5.74) is 1.58. The highest BCUT2D eigenvalue weighted by atomic mass is 28.4. The highest BCUT2D eigenvalue weighted by Crippen LogP contribution is 2.48. The lowest BCUT2D eigenvalue weighted by atomic mass is 10.0. The van der Waals surface area contributed by atoms with E-state index in [1.54, 1.807) is 0 Å². The SMILES string of the molecule is CC(C)[Si](OC(=O)CCC(=O)O)(C(C)C)C(C)(C)c1ccccc1. The molecule has 1 aromatic rings. The molecule has 0 radical (unpaired) electrons. The lowest BCUT2D eigenvalue weighted by Gasteiger charge is -2.49. The molecule has 24 heavy (non-hydrogen) atoms. The molecule has 0 heterocycles. The minimum Gasteiger partial charge on any atom is -0.518 e. The Morgan fingerprint density at radius 2 is 1.54 bits per heavy atom. The van der Waals surface area contributed by atoms with Gasteiger partial charge in [0.1, 0.15) is 0 Å². The number of carbonyl (C=O) groups is 2. The van der Waals surface area contributed by atoms with Crippen LogP contribution in [0.4, 0.5) is 0 Å². The van der Waals surface area contributed by atoms with Crippen LogP contribution in [0.5, 0.6) is 0 Å². The Kier molecular flexibility index (Phi) is 6.78. The number of benzene rings is 1. The van der Waals surface area contributed by atoms with Crippen LogP contribution in [-0.4, -0.2) is 25.4 Å². The van der Waals surface area contributed by atoms with Crippen molar-refractivity contribution < 1.29 is 19.1 Å². The zero-order valence-electron chi connectivity index (χ0n) is 15.6. The zero-order valence-corrected chi connectivity index (χ0v) is 16.6. The third-order valence-electron chi connectivity index (χ3n) is 5.01. The van der Waals surface area contributed by atoms with Gasteiger partial charge in [-0.1, -0.05) is 71.9 Å². The minimum absolute atomic E-state index is 0.0750. The Hall–Kier alpha value is -1.62. The smallest absolute Gasteiger partial charge is 0.303 e. The molecule has 0 aromatic heterocycles. The average Bonchev–Trinajstić information content (AvgIpc) is 2.50. The molecule has 0 unspecified atom stereocenters. The van der Waals surface area contributed by atoms with Crippen LogP contribution >= 0.6 is 0 Å². The summed E-state index contributed by atoms with van der Waals surface area (Å²) in [5.74, 6) is -1.37. The summed E-state index contributed by atoms with van der Waals surface area (Å²) in [6.07, 6.45) is -0.264. The lowest BCUT2D eigenvalue weighted by molar-refractivity contribution is -0.143. The summed E-state index contributed by atoms with van der Waals surface area (Å²) in [6, 6.07) is 10.1. The van der Waals surface area contributed by atoms with Crippen LogP contribution in [0.15, 0.2) is 30.3 Å². The van der Waals surface area contributed by atoms with E-state index in [4.69, 9.17) is 9.53 Å². The molecule has 0 bridgehead atoms. The summed E-state index contributed by atoms with van der Waals surface area (Å²) in [4.78, 5) is 23.2. The molecule has 4 nitrogen and oxygen atoms in total. The highest BCUT2D eigenvalue weighted by Gasteiger charge is 2.57. The molecule has 0 amide bonds. The third-order valence-corrected chi connectivity index (χ3v) is 11.3. The highest BCUT2D eigenvalue weighted by molar-refractivity contribution is 6.80. The number of rotatable bonds is 8. The molecule has 1 aromatic carbocycles. The number of carboxylic acid groups (broad SMARTS) is 1. The van der Waals surface area contributed by atoms with Gasteiger partial charge >= 0.3 is 5.97 Å². The van der Waals surface area contributed by atoms with Gasteiger partial charge in [0.25, 0.3) is 14.3 Å². The van der Waals surface area contributed by atoms with E-state index < -0.39 is 20.3 Å². The Labute approximate surface area is 146 Å². The van der Waals surface area contributed by atoms with Crippen LogP contribution < -0.4 is 0 Å². The molecular formula is C19H30O4Si. The normalized spacial score (nSPS) is 12.5. The van der Waals surface area contributed by atoms with Gasteiger partial charge in [0.2, 0.25) is 0 Å². The first-order valence-corrected chi connectivity index (χ1v) is 10.6. The van der Waals surface area contributed by atoms with Crippen LogP contribution in [0.25, 0.3) is 0 Å². The fourth-order valence-corrected chi connectivity index (χ4v) is 10.0. The van der Waals surface area contributed by atoms with E-state index in [2.05, 4.69) is 53.7 Å². The molecular weight excluding hydrogens is 320 g/mol. The Balaban J connectivity index is 3.29. The maximum atomic E-state index is 12.4. The maximum absolute atomic E-state index is 12.4. The standard InChI is InChI=1S/C19H30O4Si/c1-14(2)24(15(3)4,23-18(22)13-12-17(20)21)19(5,6)16-10-8-7-9-11-16/h7-11,14-15H,12-13H2,1-6H3,(H,20,21). The van der Waals surface area contributed by atoms with Crippen LogP contribution in [0.3, 0.4) is 0 Å². The fraction of sp³-hybridized carbons (Fsp3) is 0.579. The van der Waals surface area contributed by atoms with Crippen molar-refractivity contribution in [3.05, 3.63) is 35.9 Å². The maximum Gasteiger partial charge on any atom is 0.303 e. The lowest BCUT2D eigenvalue weighted by Crippen LogP contribution is -2.60. The second-order valence-electron chi connectivity index (χ2n) is 7.46. The molecule has 0 saturated carbocycles. The van der Waals surface area contributed by atoms with Gasteiger partial charge < -0.3 is 9.53 Å². The van der Waals surface area contributed by atoms with Crippen molar-refractivity contribution in [3.63, 3.8) is 0 Å². The molecule has 1 rings (SSSR count). The molecule has 0 saturated heterocycles. The van der Waals surface area contributed by atoms with Gasteiger partial charge in [0.15, 0.2) is 0 Å². The van der Waals surface area contributed by atoms with E-state index >= 15 is 0 Å². The Morgan fingerprint density at radius 3 is 1.96 bits per heavy atom. The summed E-state index contributed by atoms with van der Waals surface area (Å²) in [6.45, 7) is 12.8. The molecule has 1 N–H and O–H groups in total. The second-order valence-corrected chi connectivity index (χ2v) is 12.8. The number of hydrogen-bond donors (Lipinski definition) is 1. The van der Waals surface area contributed by atoms with Crippen molar-refractivity contribution in [1.82, 2.24) is 0 Å². The zero-order chi connectivity index (χ0) is 18.5. The predicted octanol–water partition coefficient (Wildman–Crippen LogP) is 4.68. The van der Waals surface area contributed by atoms with Crippen molar-refractivity contribution in [2.75, 3.05) is 0 Å². The number of hydrogen-bond acceptors (Lipinski definition) is 3. The first-order valence-electron chi connectivity index (χ1n) is 8.54. The summed E-state index contributed by atoms with van der Waals surface area (Å²) in [5, 5.41) is 8.54. The largest absolute Gasteiger partial charge is 0.518 e. The predicted molar refractivity (Wildman–Crippen MR) is 98.4 cm³/mol.